The zero-order valence-corrected chi connectivity index (χ0v) is 23.7. The number of esters is 1. The molecule has 0 atom stereocenters. The van der Waals surface area contributed by atoms with E-state index in [0.717, 1.165) is 44.4 Å². The van der Waals surface area contributed by atoms with E-state index in [9.17, 15) is 22.8 Å². The number of ether oxygens (including phenoxy) is 1. The van der Waals surface area contributed by atoms with Gasteiger partial charge < -0.3 is 14.6 Å². The third-order valence-electron chi connectivity index (χ3n) is 5.59. The van der Waals surface area contributed by atoms with Crippen molar-refractivity contribution in [1.82, 2.24) is 4.57 Å². The Morgan fingerprint density at radius 1 is 1.17 bits per heavy atom. The molecule has 0 spiro atoms. The molecular formula is C23H24BrN3O6S3. The number of anilines is 1. The predicted octanol–water partition coefficient (Wildman–Crippen LogP) is 3.60. The molecule has 0 saturated heterocycles. The van der Waals surface area contributed by atoms with Gasteiger partial charge >= 0.3 is 5.97 Å². The highest BCUT2D eigenvalue weighted by molar-refractivity contribution is 9.10. The summed E-state index contributed by atoms with van der Waals surface area (Å²) in [7, 11) is -2.36. The molecule has 1 N–H and O–H groups in total. The SMILES string of the molecule is CCOC(=O)c1c(NC(=O)CS(=O)(=O)CC(=O)N=c2sc3cc(Br)ccc3n2C)sc2c1CCCC2. The third-order valence-corrected chi connectivity index (χ3v) is 9.77. The Morgan fingerprint density at radius 3 is 2.67 bits per heavy atom. The second kappa shape index (κ2) is 11.0. The number of thiophene rings is 1. The highest BCUT2D eigenvalue weighted by Crippen LogP contribution is 2.38. The number of benzene rings is 1. The highest BCUT2D eigenvalue weighted by Gasteiger charge is 2.28. The van der Waals surface area contributed by atoms with Gasteiger partial charge in [0.2, 0.25) is 5.91 Å². The van der Waals surface area contributed by atoms with Crippen LogP contribution in [0.5, 0.6) is 0 Å². The van der Waals surface area contributed by atoms with Crippen molar-refractivity contribution in [3.63, 3.8) is 0 Å². The van der Waals surface area contributed by atoms with E-state index in [-0.39, 0.29) is 6.61 Å². The Labute approximate surface area is 224 Å². The summed E-state index contributed by atoms with van der Waals surface area (Å²) in [6, 6.07) is 5.62. The van der Waals surface area contributed by atoms with Crippen LogP contribution in [0.2, 0.25) is 0 Å². The summed E-state index contributed by atoms with van der Waals surface area (Å²) >= 11 is 5.93. The van der Waals surface area contributed by atoms with Crippen molar-refractivity contribution in [3.05, 3.63) is 43.5 Å². The van der Waals surface area contributed by atoms with E-state index in [1.807, 2.05) is 18.2 Å². The van der Waals surface area contributed by atoms with Crippen LogP contribution in [0.25, 0.3) is 10.2 Å². The van der Waals surface area contributed by atoms with Crippen molar-refractivity contribution >= 4 is 81.4 Å². The molecule has 9 nitrogen and oxygen atoms in total. The molecule has 2 amide bonds. The number of halogens is 1. The Kier molecular flexibility index (Phi) is 8.12. The lowest BCUT2D eigenvalue weighted by atomic mass is 9.95. The van der Waals surface area contributed by atoms with Gasteiger partial charge in [-0.3, -0.25) is 9.59 Å². The molecule has 36 heavy (non-hydrogen) atoms. The van der Waals surface area contributed by atoms with Gasteiger partial charge in [-0.1, -0.05) is 27.3 Å². The van der Waals surface area contributed by atoms with Gasteiger partial charge in [-0.25, -0.2) is 13.2 Å². The van der Waals surface area contributed by atoms with E-state index in [1.54, 1.807) is 18.5 Å². The minimum atomic E-state index is -4.09. The normalized spacial score (nSPS) is 14.0. The zero-order valence-electron chi connectivity index (χ0n) is 19.6. The van der Waals surface area contributed by atoms with Gasteiger partial charge in [-0.2, -0.15) is 4.99 Å². The van der Waals surface area contributed by atoms with Crippen molar-refractivity contribution in [2.75, 3.05) is 23.4 Å². The predicted molar refractivity (Wildman–Crippen MR) is 143 cm³/mol. The molecule has 0 aliphatic heterocycles. The molecule has 2 aromatic heterocycles. The summed E-state index contributed by atoms with van der Waals surface area (Å²) in [5.74, 6) is -4.01. The maximum Gasteiger partial charge on any atom is 0.341 e. The van der Waals surface area contributed by atoms with E-state index in [0.29, 0.717) is 21.8 Å². The van der Waals surface area contributed by atoms with E-state index in [2.05, 4.69) is 26.2 Å². The van der Waals surface area contributed by atoms with Crippen LogP contribution < -0.4 is 10.1 Å². The first-order valence-electron chi connectivity index (χ1n) is 11.2. The average Bonchev–Trinajstić information content (AvgIpc) is 3.29. The fraction of sp³-hybridized carbons (Fsp3) is 0.391. The van der Waals surface area contributed by atoms with Crippen molar-refractivity contribution in [2.45, 2.75) is 32.6 Å². The summed E-state index contributed by atoms with van der Waals surface area (Å²) in [4.78, 5) is 43.0. The van der Waals surface area contributed by atoms with Crippen LogP contribution in [0.1, 0.15) is 40.6 Å². The van der Waals surface area contributed by atoms with Crippen molar-refractivity contribution in [3.8, 4) is 0 Å². The van der Waals surface area contributed by atoms with Crippen molar-refractivity contribution in [2.24, 2.45) is 12.0 Å². The average molecular weight is 615 g/mol. The molecule has 0 saturated carbocycles. The molecule has 2 heterocycles. The molecule has 4 rings (SSSR count). The number of hydrogen-bond acceptors (Lipinski definition) is 8. The van der Waals surface area contributed by atoms with Crippen LogP contribution in [-0.4, -0.2) is 48.9 Å². The molecule has 1 aromatic carbocycles. The molecule has 0 unspecified atom stereocenters. The number of nitrogens with zero attached hydrogens (tertiary/aromatic N) is 2. The summed E-state index contributed by atoms with van der Waals surface area (Å²) in [5.41, 5.74) is 2.02. The number of carbonyl (C=O) groups is 3. The molecule has 1 aliphatic rings. The van der Waals surface area contributed by atoms with Crippen molar-refractivity contribution < 1.29 is 27.5 Å². The number of rotatable bonds is 7. The summed E-state index contributed by atoms with van der Waals surface area (Å²) in [6.45, 7) is 1.88. The van der Waals surface area contributed by atoms with Gasteiger partial charge in [0.15, 0.2) is 14.6 Å². The van der Waals surface area contributed by atoms with Gasteiger partial charge in [-0.15, -0.1) is 11.3 Å². The maximum absolute atomic E-state index is 12.6. The summed E-state index contributed by atoms with van der Waals surface area (Å²) in [5, 5.41) is 2.86. The molecule has 192 valence electrons. The Bertz CT molecular complexity index is 1530. The van der Waals surface area contributed by atoms with Crippen LogP contribution in [0.4, 0.5) is 5.00 Å². The molecule has 13 heteroatoms. The lowest BCUT2D eigenvalue weighted by Gasteiger charge is -2.12. The summed E-state index contributed by atoms with van der Waals surface area (Å²) < 4.78 is 33.8. The molecule has 0 radical (unpaired) electrons. The lowest BCUT2D eigenvalue weighted by Crippen LogP contribution is -2.28. The fourth-order valence-electron chi connectivity index (χ4n) is 4.03. The first-order chi connectivity index (χ1) is 17.1. The topological polar surface area (TPSA) is 124 Å². The van der Waals surface area contributed by atoms with Gasteiger partial charge in [0.25, 0.3) is 5.91 Å². The number of amides is 2. The van der Waals surface area contributed by atoms with Crippen LogP contribution >= 0.6 is 38.6 Å². The van der Waals surface area contributed by atoms with Gasteiger partial charge in [0, 0.05) is 16.4 Å². The van der Waals surface area contributed by atoms with Gasteiger partial charge in [0.1, 0.15) is 16.5 Å². The summed E-state index contributed by atoms with van der Waals surface area (Å²) in [6.07, 6.45) is 3.41. The number of hydrogen-bond donors (Lipinski definition) is 1. The van der Waals surface area contributed by atoms with E-state index < -0.39 is 39.1 Å². The largest absolute Gasteiger partial charge is 0.462 e. The number of nitrogens with one attached hydrogen (secondary N) is 1. The monoisotopic (exact) mass is 613 g/mol. The number of fused-ring (bicyclic) bond motifs is 2. The van der Waals surface area contributed by atoms with Crippen LogP contribution in [0, 0.1) is 0 Å². The minimum Gasteiger partial charge on any atom is -0.462 e. The Hall–Kier alpha value is -2.35. The first kappa shape index (κ1) is 26.7. The van der Waals surface area contributed by atoms with E-state index in [4.69, 9.17) is 4.74 Å². The molecule has 1 aliphatic carbocycles. The molecule has 3 aromatic rings. The zero-order chi connectivity index (χ0) is 26.0. The quantitative estimate of drug-likeness (QED) is 0.406. The van der Waals surface area contributed by atoms with Gasteiger partial charge in [0.05, 0.1) is 22.4 Å². The smallest absolute Gasteiger partial charge is 0.341 e. The van der Waals surface area contributed by atoms with Crippen molar-refractivity contribution in [1.29, 1.82) is 0 Å². The molecule has 0 fully saturated rings. The molecular weight excluding hydrogens is 590 g/mol. The maximum atomic E-state index is 12.6. The number of carbonyl (C=O) groups excluding carboxylic acids is 3. The van der Waals surface area contributed by atoms with Crippen LogP contribution in [0.15, 0.2) is 27.7 Å². The van der Waals surface area contributed by atoms with E-state index >= 15 is 0 Å². The second-order valence-corrected chi connectivity index (χ2v) is 13.4. The van der Waals surface area contributed by atoms with E-state index in [1.165, 1.54) is 22.7 Å². The third kappa shape index (κ3) is 5.96. The number of aryl methyl sites for hydroxylation is 2. The minimum absolute atomic E-state index is 0.186. The lowest BCUT2D eigenvalue weighted by molar-refractivity contribution is -0.115. The fourth-order valence-corrected chi connectivity index (χ4v) is 7.92. The standard InChI is InChI=1S/C23H24BrN3O6S3/c1-3-33-22(30)20-14-6-4-5-7-16(14)34-21(20)25-18(28)11-36(31,32)12-19(29)26-23-27(2)15-9-8-13(24)10-17(15)35-23/h8-10H,3-7,11-12H2,1-2H3,(H,25,28). The van der Waals surface area contributed by atoms with Crippen LogP contribution in [-0.2, 0) is 44.1 Å². The Balaban J connectivity index is 1.48. The molecule has 0 bridgehead atoms. The van der Waals surface area contributed by atoms with Crippen LogP contribution in [0.3, 0.4) is 0 Å². The number of sulfone groups is 1. The highest BCUT2D eigenvalue weighted by atomic mass is 79.9. The number of aromatic nitrogens is 1. The first-order valence-corrected chi connectivity index (χ1v) is 15.5. The number of thiazole rings is 1. The Morgan fingerprint density at radius 2 is 1.92 bits per heavy atom. The van der Waals surface area contributed by atoms with Gasteiger partial charge in [-0.05, 0) is 56.4 Å². The second-order valence-electron chi connectivity index (χ2n) is 8.28.